The molecular weight excluding hydrogens is 358 g/mol. The van der Waals surface area contributed by atoms with Crippen molar-refractivity contribution in [2.45, 2.75) is 6.17 Å². The summed E-state index contributed by atoms with van der Waals surface area (Å²) in [4.78, 5) is 25.7. The fourth-order valence-electron chi connectivity index (χ4n) is 3.30. The van der Waals surface area contributed by atoms with Crippen LogP contribution in [0.5, 0.6) is 5.75 Å². The fraction of sp³-hybridized carbons (Fsp3) is 0.0952. The predicted molar refractivity (Wildman–Crippen MR) is 106 cm³/mol. The van der Waals surface area contributed by atoms with Crippen molar-refractivity contribution >= 4 is 23.0 Å². The summed E-state index contributed by atoms with van der Waals surface area (Å²) < 4.78 is 5.20. The van der Waals surface area contributed by atoms with Crippen LogP contribution in [0, 0.1) is 10.1 Å². The zero-order valence-corrected chi connectivity index (χ0v) is 15.0. The number of nitrogens with zero attached hydrogens (tertiary/aromatic N) is 2. The van der Waals surface area contributed by atoms with Crippen LogP contribution >= 0.6 is 0 Å². The number of ether oxygens (including phenoxy) is 1. The molecule has 3 aromatic rings. The van der Waals surface area contributed by atoms with E-state index in [1.807, 2.05) is 12.1 Å². The van der Waals surface area contributed by atoms with Gasteiger partial charge in [0.05, 0.1) is 17.6 Å². The summed E-state index contributed by atoms with van der Waals surface area (Å²) in [5, 5.41) is 14.5. The van der Waals surface area contributed by atoms with E-state index in [1.54, 1.807) is 60.5 Å². The third-order valence-electron chi connectivity index (χ3n) is 4.67. The lowest BCUT2D eigenvalue weighted by atomic mass is 10.0. The molecule has 7 nitrogen and oxygen atoms in total. The van der Waals surface area contributed by atoms with Crippen molar-refractivity contribution in [3.63, 3.8) is 0 Å². The van der Waals surface area contributed by atoms with Gasteiger partial charge in [-0.3, -0.25) is 19.8 Å². The highest BCUT2D eigenvalue weighted by Gasteiger charge is 2.34. The van der Waals surface area contributed by atoms with Gasteiger partial charge < -0.3 is 10.1 Å². The number of rotatable bonds is 4. The maximum absolute atomic E-state index is 13.3. The Morgan fingerprint density at radius 2 is 1.79 bits per heavy atom. The van der Waals surface area contributed by atoms with E-state index in [0.29, 0.717) is 28.3 Å². The van der Waals surface area contributed by atoms with Gasteiger partial charge in [-0.25, -0.2) is 0 Å². The molecule has 1 N–H and O–H groups in total. The Bertz CT molecular complexity index is 1050. The molecule has 4 rings (SSSR count). The molecule has 1 aliphatic rings. The second-order valence-electron chi connectivity index (χ2n) is 6.32. The zero-order chi connectivity index (χ0) is 19.7. The second-order valence-corrected chi connectivity index (χ2v) is 6.32. The van der Waals surface area contributed by atoms with E-state index >= 15 is 0 Å². The molecule has 28 heavy (non-hydrogen) atoms. The number of para-hydroxylation sites is 1. The molecule has 0 aliphatic carbocycles. The van der Waals surface area contributed by atoms with Crippen LogP contribution < -0.4 is 15.0 Å². The first-order valence-corrected chi connectivity index (χ1v) is 8.66. The summed E-state index contributed by atoms with van der Waals surface area (Å²) in [6, 6.07) is 20.6. The summed E-state index contributed by atoms with van der Waals surface area (Å²) >= 11 is 0. The van der Waals surface area contributed by atoms with E-state index in [9.17, 15) is 14.9 Å². The van der Waals surface area contributed by atoms with Crippen LogP contribution in [-0.4, -0.2) is 17.9 Å². The number of methoxy groups -OCH3 is 1. The largest absolute Gasteiger partial charge is 0.497 e. The van der Waals surface area contributed by atoms with Crippen molar-refractivity contribution in [3.05, 3.63) is 94.0 Å². The first-order valence-electron chi connectivity index (χ1n) is 8.66. The second kappa shape index (κ2) is 7.03. The molecule has 0 aromatic heterocycles. The first-order chi connectivity index (χ1) is 13.6. The number of nitro benzene ring substituents is 1. The molecule has 0 saturated carbocycles. The van der Waals surface area contributed by atoms with Crippen LogP contribution in [0.25, 0.3) is 0 Å². The quantitative estimate of drug-likeness (QED) is 0.540. The summed E-state index contributed by atoms with van der Waals surface area (Å²) in [6.45, 7) is 0. The molecule has 1 unspecified atom stereocenters. The van der Waals surface area contributed by atoms with Crippen molar-refractivity contribution in [1.82, 2.24) is 0 Å². The Labute approximate surface area is 161 Å². The van der Waals surface area contributed by atoms with E-state index in [0.717, 1.165) is 0 Å². The average Bonchev–Trinajstić information content (AvgIpc) is 2.74. The topological polar surface area (TPSA) is 84.7 Å². The highest BCUT2D eigenvalue weighted by Crippen LogP contribution is 2.37. The Kier molecular flexibility index (Phi) is 4.41. The molecule has 0 saturated heterocycles. The molecule has 0 radical (unpaired) electrons. The van der Waals surface area contributed by atoms with Gasteiger partial charge in [0.2, 0.25) is 0 Å². The van der Waals surface area contributed by atoms with E-state index < -0.39 is 11.1 Å². The van der Waals surface area contributed by atoms with Crippen LogP contribution in [-0.2, 0) is 0 Å². The Balaban J connectivity index is 1.84. The maximum Gasteiger partial charge on any atom is 0.269 e. The summed E-state index contributed by atoms with van der Waals surface area (Å²) in [6.07, 6.45) is -0.587. The van der Waals surface area contributed by atoms with Crippen molar-refractivity contribution in [3.8, 4) is 5.75 Å². The molecule has 7 heteroatoms. The van der Waals surface area contributed by atoms with Crippen LogP contribution in [0.15, 0.2) is 72.8 Å². The van der Waals surface area contributed by atoms with Gasteiger partial charge in [0.15, 0.2) is 0 Å². The minimum Gasteiger partial charge on any atom is -0.497 e. The van der Waals surface area contributed by atoms with Gasteiger partial charge in [-0.15, -0.1) is 0 Å². The Hall–Kier alpha value is -3.87. The number of fused-ring (bicyclic) bond motifs is 1. The molecule has 140 valence electrons. The third-order valence-corrected chi connectivity index (χ3v) is 4.67. The van der Waals surface area contributed by atoms with E-state index in [1.165, 1.54) is 12.1 Å². The van der Waals surface area contributed by atoms with Crippen molar-refractivity contribution < 1.29 is 14.5 Å². The number of benzene rings is 3. The summed E-state index contributed by atoms with van der Waals surface area (Å²) in [5.74, 6) is 0.490. The van der Waals surface area contributed by atoms with Gasteiger partial charge in [0.25, 0.3) is 11.6 Å². The molecule has 0 bridgehead atoms. The highest BCUT2D eigenvalue weighted by atomic mass is 16.6. The van der Waals surface area contributed by atoms with Crippen LogP contribution in [0.3, 0.4) is 0 Å². The van der Waals surface area contributed by atoms with Gasteiger partial charge >= 0.3 is 0 Å². The molecule has 1 atom stereocenters. The Morgan fingerprint density at radius 1 is 1.04 bits per heavy atom. The number of carbonyl (C=O) groups is 1. The molecule has 0 fully saturated rings. The first kappa shape index (κ1) is 17.5. The maximum atomic E-state index is 13.3. The van der Waals surface area contributed by atoms with Gasteiger partial charge in [-0.2, -0.15) is 0 Å². The monoisotopic (exact) mass is 375 g/mol. The molecule has 1 amide bonds. The molecule has 1 aliphatic heterocycles. The Morgan fingerprint density at radius 3 is 2.50 bits per heavy atom. The number of amides is 1. The fourth-order valence-corrected chi connectivity index (χ4v) is 3.30. The lowest BCUT2D eigenvalue weighted by Gasteiger charge is -2.38. The van der Waals surface area contributed by atoms with Crippen LogP contribution in [0.1, 0.15) is 22.1 Å². The molecule has 0 spiro atoms. The number of carbonyl (C=O) groups excluding carboxylic acids is 1. The van der Waals surface area contributed by atoms with E-state index in [4.69, 9.17) is 4.74 Å². The lowest BCUT2D eigenvalue weighted by Crippen LogP contribution is -2.43. The average molecular weight is 375 g/mol. The molecule has 3 aromatic carbocycles. The SMILES string of the molecule is COc1ccc(N2C(=O)c3ccccc3NC2c2cccc([N+](=O)[O-])c2)cc1. The normalized spacial score (nSPS) is 15.5. The predicted octanol–water partition coefficient (Wildman–Crippen LogP) is 4.37. The number of nitro groups is 1. The number of anilines is 2. The highest BCUT2D eigenvalue weighted by molar-refractivity contribution is 6.12. The van der Waals surface area contributed by atoms with E-state index in [2.05, 4.69) is 5.32 Å². The molecule has 1 heterocycles. The van der Waals surface area contributed by atoms with Crippen molar-refractivity contribution in [1.29, 1.82) is 0 Å². The number of hydrogen-bond acceptors (Lipinski definition) is 5. The lowest BCUT2D eigenvalue weighted by molar-refractivity contribution is -0.384. The zero-order valence-electron chi connectivity index (χ0n) is 15.0. The molecular formula is C21H17N3O4. The van der Waals surface area contributed by atoms with Gasteiger partial charge in [-0.1, -0.05) is 24.3 Å². The van der Waals surface area contributed by atoms with Gasteiger partial charge in [0, 0.05) is 29.1 Å². The van der Waals surface area contributed by atoms with Crippen molar-refractivity contribution in [2.75, 3.05) is 17.3 Å². The summed E-state index contributed by atoms with van der Waals surface area (Å²) in [5.41, 5.74) is 2.48. The third kappa shape index (κ3) is 3.03. The number of nitrogens with one attached hydrogen (secondary N) is 1. The summed E-state index contributed by atoms with van der Waals surface area (Å²) in [7, 11) is 1.57. The van der Waals surface area contributed by atoms with Crippen LogP contribution in [0.4, 0.5) is 17.1 Å². The smallest absolute Gasteiger partial charge is 0.269 e. The minimum absolute atomic E-state index is 0.0275. The van der Waals surface area contributed by atoms with Crippen molar-refractivity contribution in [2.24, 2.45) is 0 Å². The van der Waals surface area contributed by atoms with Gasteiger partial charge in [0.1, 0.15) is 11.9 Å². The number of hydrogen-bond donors (Lipinski definition) is 1. The van der Waals surface area contributed by atoms with Gasteiger partial charge in [-0.05, 0) is 36.4 Å². The van der Waals surface area contributed by atoms with Crippen LogP contribution in [0.2, 0.25) is 0 Å². The standard InChI is InChI=1S/C21H17N3O4/c1-28-17-11-9-15(10-12-17)23-20(14-5-4-6-16(13-14)24(26)27)22-19-8-3-2-7-18(19)21(23)25/h2-13,20,22H,1H3. The number of non-ortho nitro benzene ring substituents is 1. The minimum atomic E-state index is -0.587. The van der Waals surface area contributed by atoms with E-state index in [-0.39, 0.29) is 11.6 Å².